The maximum absolute atomic E-state index is 11.0. The van der Waals surface area contributed by atoms with Crippen molar-refractivity contribution in [1.29, 1.82) is 0 Å². The summed E-state index contributed by atoms with van der Waals surface area (Å²) in [7, 11) is 3.75. The Hall–Kier alpha value is -2.93. The molecule has 7 heteroatoms. The molecular weight excluding hydrogens is 380 g/mol. The second kappa shape index (κ2) is 10.2. The molecular formula is C23H30N4O3. The highest BCUT2D eigenvalue weighted by molar-refractivity contribution is 5.88. The molecule has 1 aliphatic heterocycles. The second-order valence-electron chi connectivity index (χ2n) is 7.73. The molecule has 1 saturated heterocycles. The second-order valence-corrected chi connectivity index (χ2v) is 7.73. The van der Waals surface area contributed by atoms with Gasteiger partial charge in [0.05, 0.1) is 5.69 Å². The van der Waals surface area contributed by atoms with Crippen LogP contribution in [0.15, 0.2) is 41.2 Å². The molecule has 7 nitrogen and oxygen atoms in total. The number of nitrogens with zero attached hydrogens (tertiary/aromatic N) is 3. The first-order valence-corrected chi connectivity index (χ1v) is 10.4. The largest absolute Gasteiger partial charge is 0.465 e. The number of carboxylic acid groups (broad SMARTS) is 1. The summed E-state index contributed by atoms with van der Waals surface area (Å²) in [6.45, 7) is 3.33. The number of aryl methyl sites for hydroxylation is 2. The van der Waals surface area contributed by atoms with E-state index in [4.69, 9.17) is 9.63 Å². The van der Waals surface area contributed by atoms with Crippen molar-refractivity contribution in [1.82, 2.24) is 20.4 Å². The van der Waals surface area contributed by atoms with E-state index in [1.165, 1.54) is 4.90 Å². The van der Waals surface area contributed by atoms with E-state index in [0.717, 1.165) is 59.0 Å². The maximum Gasteiger partial charge on any atom is 0.407 e. The van der Waals surface area contributed by atoms with Gasteiger partial charge in [0.25, 0.3) is 0 Å². The van der Waals surface area contributed by atoms with Crippen molar-refractivity contribution >= 4 is 17.1 Å². The van der Waals surface area contributed by atoms with Gasteiger partial charge in [0, 0.05) is 36.4 Å². The minimum atomic E-state index is -0.809. The molecule has 1 amide bonds. The number of benzene rings is 1. The number of hydrogen-bond acceptors (Lipinski definition) is 5. The van der Waals surface area contributed by atoms with Crippen LogP contribution in [0.4, 0.5) is 4.79 Å². The highest BCUT2D eigenvalue weighted by Gasteiger charge is 2.23. The Balaban J connectivity index is 0.000000806. The van der Waals surface area contributed by atoms with Gasteiger partial charge in [0.1, 0.15) is 0 Å². The van der Waals surface area contributed by atoms with Gasteiger partial charge in [0.15, 0.2) is 5.58 Å². The van der Waals surface area contributed by atoms with E-state index in [2.05, 4.69) is 34.5 Å². The Labute approximate surface area is 177 Å². The van der Waals surface area contributed by atoms with E-state index >= 15 is 0 Å². The summed E-state index contributed by atoms with van der Waals surface area (Å²) in [5, 5.41) is 17.2. The third-order valence-electron chi connectivity index (χ3n) is 5.63. The molecule has 1 aliphatic rings. The number of pyridine rings is 1. The first kappa shape index (κ1) is 21.8. The van der Waals surface area contributed by atoms with Crippen LogP contribution in [-0.4, -0.2) is 53.4 Å². The Morgan fingerprint density at radius 1 is 1.20 bits per heavy atom. The molecule has 0 saturated carbocycles. The molecule has 0 atom stereocenters. The van der Waals surface area contributed by atoms with E-state index in [9.17, 15) is 4.79 Å². The predicted octanol–water partition coefficient (Wildman–Crippen LogP) is 4.36. The van der Waals surface area contributed by atoms with Crippen molar-refractivity contribution in [3.05, 3.63) is 47.9 Å². The summed E-state index contributed by atoms with van der Waals surface area (Å²) >= 11 is 0. The zero-order valence-electron chi connectivity index (χ0n) is 17.9. The molecule has 0 unspecified atom stereocenters. The van der Waals surface area contributed by atoms with Crippen LogP contribution in [-0.2, 0) is 6.42 Å². The molecule has 30 heavy (non-hydrogen) atoms. The zero-order chi connectivity index (χ0) is 21.5. The fourth-order valence-corrected chi connectivity index (χ4v) is 3.96. The van der Waals surface area contributed by atoms with Crippen LogP contribution < -0.4 is 5.32 Å². The van der Waals surface area contributed by atoms with E-state index in [-0.39, 0.29) is 0 Å². The Morgan fingerprint density at radius 3 is 2.50 bits per heavy atom. The molecule has 0 radical (unpaired) electrons. The SMILES string of the molecule is CNC.Cc1c(-c2ccncc2)ccc2c(CCC3CCN(C(=O)O)CC3)noc12. The van der Waals surface area contributed by atoms with Crippen LogP contribution in [0.5, 0.6) is 0 Å². The number of amides is 1. The number of piperidine rings is 1. The highest BCUT2D eigenvalue weighted by atomic mass is 16.5. The van der Waals surface area contributed by atoms with E-state index < -0.39 is 6.09 Å². The molecule has 160 valence electrons. The number of fused-ring (bicyclic) bond motifs is 1. The fourth-order valence-electron chi connectivity index (χ4n) is 3.96. The van der Waals surface area contributed by atoms with Gasteiger partial charge in [-0.3, -0.25) is 4.98 Å². The average Bonchev–Trinajstić information content (AvgIpc) is 3.18. The van der Waals surface area contributed by atoms with E-state index in [1.807, 2.05) is 26.2 Å². The van der Waals surface area contributed by atoms with Crippen LogP contribution >= 0.6 is 0 Å². The molecule has 4 rings (SSSR count). The lowest BCUT2D eigenvalue weighted by Gasteiger charge is -2.29. The van der Waals surface area contributed by atoms with Crippen molar-refractivity contribution in [2.24, 2.45) is 5.92 Å². The van der Waals surface area contributed by atoms with Crippen molar-refractivity contribution in [3.63, 3.8) is 0 Å². The molecule has 3 heterocycles. The third kappa shape index (κ3) is 4.97. The number of likely N-dealkylation sites (tertiary alicyclic amines) is 1. The van der Waals surface area contributed by atoms with Gasteiger partial charge in [-0.1, -0.05) is 11.2 Å². The normalized spacial score (nSPS) is 14.4. The lowest BCUT2D eigenvalue weighted by atomic mass is 9.91. The monoisotopic (exact) mass is 410 g/mol. The smallest absolute Gasteiger partial charge is 0.407 e. The number of carbonyl (C=O) groups is 1. The summed E-state index contributed by atoms with van der Waals surface area (Å²) in [5.41, 5.74) is 5.18. The minimum Gasteiger partial charge on any atom is -0.465 e. The van der Waals surface area contributed by atoms with Crippen molar-refractivity contribution in [2.45, 2.75) is 32.6 Å². The first-order chi connectivity index (χ1) is 14.5. The molecule has 2 aromatic heterocycles. The van der Waals surface area contributed by atoms with Gasteiger partial charge in [0.2, 0.25) is 0 Å². The molecule has 2 N–H and O–H groups in total. The van der Waals surface area contributed by atoms with E-state index in [0.29, 0.717) is 19.0 Å². The molecule has 1 aromatic carbocycles. The highest BCUT2D eigenvalue weighted by Crippen LogP contribution is 2.32. The van der Waals surface area contributed by atoms with Gasteiger partial charge >= 0.3 is 6.09 Å². The lowest BCUT2D eigenvalue weighted by molar-refractivity contribution is 0.123. The summed E-state index contributed by atoms with van der Waals surface area (Å²) in [6, 6.07) is 8.21. The van der Waals surface area contributed by atoms with Crippen LogP contribution in [0.1, 0.15) is 30.5 Å². The molecule has 1 fully saturated rings. The van der Waals surface area contributed by atoms with Crippen LogP contribution in [0.2, 0.25) is 0 Å². The maximum atomic E-state index is 11.0. The number of hydrogen-bond donors (Lipinski definition) is 2. The Bertz CT molecular complexity index is 963. The van der Waals surface area contributed by atoms with Gasteiger partial charge in [-0.2, -0.15) is 0 Å². The molecule has 0 spiro atoms. The molecule has 3 aromatic rings. The van der Waals surface area contributed by atoms with Crippen LogP contribution in [0, 0.1) is 12.8 Å². The quantitative estimate of drug-likeness (QED) is 0.664. The van der Waals surface area contributed by atoms with E-state index in [1.54, 1.807) is 12.4 Å². The average molecular weight is 411 g/mol. The first-order valence-electron chi connectivity index (χ1n) is 10.4. The van der Waals surface area contributed by atoms with Gasteiger partial charge in [-0.05, 0) is 81.9 Å². The number of nitrogens with one attached hydrogen (secondary N) is 1. The van der Waals surface area contributed by atoms with Crippen molar-refractivity contribution in [3.8, 4) is 11.1 Å². The Morgan fingerprint density at radius 2 is 1.87 bits per heavy atom. The Kier molecular flexibility index (Phi) is 7.41. The minimum absolute atomic E-state index is 0.546. The fraction of sp³-hybridized carbons (Fsp3) is 0.435. The lowest BCUT2D eigenvalue weighted by Crippen LogP contribution is -2.37. The molecule has 0 bridgehead atoms. The van der Waals surface area contributed by atoms with Crippen molar-refractivity contribution < 1.29 is 14.4 Å². The van der Waals surface area contributed by atoms with Crippen LogP contribution in [0.25, 0.3) is 22.1 Å². The third-order valence-corrected chi connectivity index (χ3v) is 5.63. The summed E-state index contributed by atoms with van der Waals surface area (Å²) in [6.07, 6.45) is 6.50. The van der Waals surface area contributed by atoms with Gasteiger partial charge in [-0.25, -0.2) is 4.79 Å². The standard InChI is InChI=1S/C21H23N3O3.C2H7N/c1-14-17(16-6-10-22-11-7-16)3-4-18-19(23-27-20(14)18)5-2-15-8-12-24(13-9-15)21(25)26;1-3-2/h3-4,6-7,10-11,15H,2,5,8-9,12-13H2,1H3,(H,25,26);3H,1-2H3. The van der Waals surface area contributed by atoms with Crippen molar-refractivity contribution in [2.75, 3.05) is 27.2 Å². The van der Waals surface area contributed by atoms with Gasteiger partial charge < -0.3 is 19.8 Å². The topological polar surface area (TPSA) is 91.5 Å². The summed E-state index contributed by atoms with van der Waals surface area (Å²) in [4.78, 5) is 16.6. The predicted molar refractivity (Wildman–Crippen MR) is 118 cm³/mol. The van der Waals surface area contributed by atoms with Gasteiger partial charge in [-0.15, -0.1) is 0 Å². The zero-order valence-corrected chi connectivity index (χ0v) is 17.9. The molecule has 0 aliphatic carbocycles. The number of aromatic nitrogens is 2. The van der Waals surface area contributed by atoms with Crippen LogP contribution in [0.3, 0.4) is 0 Å². The number of rotatable bonds is 4. The summed E-state index contributed by atoms with van der Waals surface area (Å²) in [5.74, 6) is 0.546. The summed E-state index contributed by atoms with van der Waals surface area (Å²) < 4.78 is 5.68.